The molecule has 0 spiro atoms. The first-order valence-electron chi connectivity index (χ1n) is 7.59. The van der Waals surface area contributed by atoms with Crippen molar-refractivity contribution in [2.45, 2.75) is 6.61 Å². The Kier molecular flexibility index (Phi) is 4.93. The lowest BCUT2D eigenvalue weighted by Crippen LogP contribution is -2.07. The van der Waals surface area contributed by atoms with Crippen LogP contribution in [0, 0.1) is 10.1 Å². The van der Waals surface area contributed by atoms with E-state index in [0.29, 0.717) is 11.5 Å². The van der Waals surface area contributed by atoms with E-state index >= 15 is 0 Å². The van der Waals surface area contributed by atoms with Crippen molar-refractivity contribution in [3.8, 4) is 17.0 Å². The van der Waals surface area contributed by atoms with E-state index in [2.05, 4.69) is 5.16 Å². The van der Waals surface area contributed by atoms with Gasteiger partial charge in [-0.05, 0) is 30.3 Å². The van der Waals surface area contributed by atoms with Gasteiger partial charge in [0.05, 0.1) is 12.0 Å². The van der Waals surface area contributed by atoms with Crippen LogP contribution in [0.25, 0.3) is 11.3 Å². The summed E-state index contributed by atoms with van der Waals surface area (Å²) in [6.45, 7) is -0.186. The van der Waals surface area contributed by atoms with Crippen LogP contribution in [-0.2, 0) is 11.3 Å². The predicted octanol–water partition coefficient (Wildman–Crippen LogP) is 3.62. The number of nitro groups is 1. The lowest BCUT2D eigenvalue weighted by molar-refractivity contribution is -0.385. The molecule has 0 bridgehead atoms. The summed E-state index contributed by atoms with van der Waals surface area (Å²) in [5.74, 6) is 0.235. The highest BCUT2D eigenvalue weighted by Gasteiger charge is 2.21. The molecule has 1 aromatic heterocycles. The van der Waals surface area contributed by atoms with Gasteiger partial charge in [-0.3, -0.25) is 10.1 Å². The number of carbonyl (C=O) groups is 1. The standard InChI is InChI=1S/C18H14N2O6/c1-24-13-8-6-12(7-9-13)16-10-14(26-19-16)11-25-18(21)15-4-2-3-5-17(15)20(22)23/h2-10H,11H2,1H3. The fraction of sp³-hybridized carbons (Fsp3) is 0.111. The molecule has 8 heteroatoms. The fourth-order valence-corrected chi connectivity index (χ4v) is 2.30. The normalized spacial score (nSPS) is 10.3. The van der Waals surface area contributed by atoms with Gasteiger partial charge >= 0.3 is 5.97 Å². The SMILES string of the molecule is COc1ccc(-c2cc(COC(=O)c3ccccc3[N+](=O)[O-])on2)cc1. The molecule has 0 saturated carbocycles. The molecule has 0 aliphatic carbocycles. The minimum absolute atomic E-state index is 0.118. The fourth-order valence-electron chi connectivity index (χ4n) is 2.30. The molecule has 0 atom stereocenters. The molecular weight excluding hydrogens is 340 g/mol. The number of esters is 1. The quantitative estimate of drug-likeness (QED) is 0.378. The molecule has 2 aromatic carbocycles. The Hall–Kier alpha value is -3.68. The molecule has 1 heterocycles. The van der Waals surface area contributed by atoms with Gasteiger partial charge in [0.2, 0.25) is 0 Å². The number of hydrogen-bond donors (Lipinski definition) is 0. The monoisotopic (exact) mass is 354 g/mol. The Balaban J connectivity index is 1.68. The number of hydrogen-bond acceptors (Lipinski definition) is 7. The maximum Gasteiger partial charge on any atom is 0.345 e. The summed E-state index contributed by atoms with van der Waals surface area (Å²) in [5, 5.41) is 14.9. The average molecular weight is 354 g/mol. The number of ether oxygens (including phenoxy) is 2. The molecule has 0 amide bonds. The zero-order valence-corrected chi connectivity index (χ0v) is 13.7. The highest BCUT2D eigenvalue weighted by atomic mass is 16.6. The number of aromatic nitrogens is 1. The lowest BCUT2D eigenvalue weighted by Gasteiger charge is -2.03. The molecule has 0 radical (unpaired) electrons. The van der Waals surface area contributed by atoms with Gasteiger partial charge < -0.3 is 14.0 Å². The number of para-hydroxylation sites is 1. The van der Waals surface area contributed by atoms with Crippen LogP contribution in [0.5, 0.6) is 5.75 Å². The van der Waals surface area contributed by atoms with E-state index in [9.17, 15) is 14.9 Å². The number of methoxy groups -OCH3 is 1. The molecule has 26 heavy (non-hydrogen) atoms. The van der Waals surface area contributed by atoms with E-state index in [4.69, 9.17) is 14.0 Å². The Morgan fingerprint density at radius 3 is 2.62 bits per heavy atom. The molecule has 132 valence electrons. The predicted molar refractivity (Wildman–Crippen MR) is 90.7 cm³/mol. The van der Waals surface area contributed by atoms with Gasteiger partial charge in [0.15, 0.2) is 12.4 Å². The third-order valence-electron chi connectivity index (χ3n) is 3.61. The van der Waals surface area contributed by atoms with Crippen LogP contribution in [0.15, 0.2) is 59.1 Å². The Morgan fingerprint density at radius 1 is 1.19 bits per heavy atom. The molecule has 0 saturated heterocycles. The molecule has 3 aromatic rings. The van der Waals surface area contributed by atoms with Gasteiger partial charge in [0.25, 0.3) is 5.69 Å². The van der Waals surface area contributed by atoms with Gasteiger partial charge in [-0.1, -0.05) is 17.3 Å². The van der Waals surface area contributed by atoms with Crippen LogP contribution in [0.3, 0.4) is 0 Å². The van der Waals surface area contributed by atoms with Gasteiger partial charge in [0.1, 0.15) is 17.0 Å². The molecular formula is C18H14N2O6. The van der Waals surface area contributed by atoms with E-state index in [1.54, 1.807) is 25.3 Å². The highest BCUT2D eigenvalue weighted by molar-refractivity contribution is 5.93. The smallest absolute Gasteiger partial charge is 0.345 e. The third-order valence-corrected chi connectivity index (χ3v) is 3.61. The van der Waals surface area contributed by atoms with E-state index < -0.39 is 10.9 Å². The average Bonchev–Trinajstić information content (AvgIpc) is 3.15. The van der Waals surface area contributed by atoms with Crippen molar-refractivity contribution >= 4 is 11.7 Å². The van der Waals surface area contributed by atoms with Gasteiger partial charge in [-0.15, -0.1) is 0 Å². The van der Waals surface area contributed by atoms with Crippen LogP contribution >= 0.6 is 0 Å². The molecule has 0 aliphatic rings. The summed E-state index contributed by atoms with van der Waals surface area (Å²) in [4.78, 5) is 22.4. The minimum atomic E-state index is -0.806. The van der Waals surface area contributed by atoms with E-state index in [1.165, 1.54) is 24.3 Å². The molecule has 3 rings (SSSR count). The summed E-state index contributed by atoms with van der Waals surface area (Å²) in [6.07, 6.45) is 0. The van der Waals surface area contributed by atoms with Crippen LogP contribution in [0.1, 0.15) is 16.1 Å². The first kappa shape index (κ1) is 17.2. The number of nitrogens with zero attached hydrogens (tertiary/aromatic N) is 2. The molecule has 0 unspecified atom stereocenters. The van der Waals surface area contributed by atoms with Crippen molar-refractivity contribution in [1.29, 1.82) is 0 Å². The van der Waals surface area contributed by atoms with Crippen molar-refractivity contribution in [2.75, 3.05) is 7.11 Å². The highest BCUT2D eigenvalue weighted by Crippen LogP contribution is 2.23. The summed E-state index contributed by atoms with van der Waals surface area (Å²) < 4.78 is 15.3. The van der Waals surface area contributed by atoms with Crippen LogP contribution in [-0.4, -0.2) is 23.2 Å². The van der Waals surface area contributed by atoms with Crippen LogP contribution in [0.2, 0.25) is 0 Å². The molecule has 0 fully saturated rings. The van der Waals surface area contributed by atoms with Gasteiger partial charge in [0, 0.05) is 17.7 Å². The minimum Gasteiger partial charge on any atom is -0.497 e. The summed E-state index contributed by atoms with van der Waals surface area (Å²) >= 11 is 0. The summed E-state index contributed by atoms with van der Waals surface area (Å²) in [5.41, 5.74) is 0.955. The van der Waals surface area contributed by atoms with Crippen molar-refractivity contribution in [2.24, 2.45) is 0 Å². The lowest BCUT2D eigenvalue weighted by atomic mass is 10.1. The third kappa shape index (κ3) is 3.69. The summed E-state index contributed by atoms with van der Waals surface area (Å²) in [6, 6.07) is 14.4. The van der Waals surface area contributed by atoms with Crippen LogP contribution < -0.4 is 4.74 Å². The van der Waals surface area contributed by atoms with Crippen molar-refractivity contribution in [1.82, 2.24) is 5.16 Å². The number of rotatable bonds is 6. The zero-order valence-electron chi connectivity index (χ0n) is 13.7. The Bertz CT molecular complexity index is 933. The first-order valence-corrected chi connectivity index (χ1v) is 7.59. The van der Waals surface area contributed by atoms with Crippen molar-refractivity contribution < 1.29 is 23.7 Å². The summed E-state index contributed by atoms with van der Waals surface area (Å²) in [7, 11) is 1.58. The maximum absolute atomic E-state index is 12.1. The molecule has 8 nitrogen and oxygen atoms in total. The van der Waals surface area contributed by atoms with Crippen molar-refractivity contribution in [3.05, 3.63) is 76.0 Å². The van der Waals surface area contributed by atoms with E-state index in [-0.39, 0.29) is 17.9 Å². The van der Waals surface area contributed by atoms with E-state index in [1.807, 2.05) is 12.1 Å². The Labute approximate surface area is 148 Å². The zero-order chi connectivity index (χ0) is 18.5. The van der Waals surface area contributed by atoms with E-state index in [0.717, 1.165) is 11.3 Å². The van der Waals surface area contributed by atoms with Crippen molar-refractivity contribution in [3.63, 3.8) is 0 Å². The topological polar surface area (TPSA) is 105 Å². The molecule has 0 aliphatic heterocycles. The maximum atomic E-state index is 12.1. The number of carbonyl (C=O) groups excluding carboxylic acids is 1. The van der Waals surface area contributed by atoms with Crippen LogP contribution in [0.4, 0.5) is 5.69 Å². The van der Waals surface area contributed by atoms with Gasteiger partial charge in [-0.2, -0.15) is 0 Å². The second-order valence-corrected chi connectivity index (χ2v) is 5.26. The molecule has 0 N–H and O–H groups in total. The van der Waals surface area contributed by atoms with Gasteiger partial charge in [-0.25, -0.2) is 4.79 Å². The largest absolute Gasteiger partial charge is 0.497 e. The number of benzene rings is 2. The second-order valence-electron chi connectivity index (χ2n) is 5.26. The Morgan fingerprint density at radius 2 is 1.92 bits per heavy atom. The first-order chi connectivity index (χ1) is 12.6. The second kappa shape index (κ2) is 7.47. The number of nitro benzene ring substituents is 1.